The third-order valence-corrected chi connectivity index (χ3v) is 6.03. The number of nitrogens with zero attached hydrogens (tertiary/aromatic N) is 3. The van der Waals surface area contributed by atoms with Crippen LogP contribution in [0.25, 0.3) is 11.0 Å². The van der Waals surface area contributed by atoms with Gasteiger partial charge in [0, 0.05) is 13.1 Å². The van der Waals surface area contributed by atoms with Crippen LogP contribution in [0.15, 0.2) is 48.5 Å². The van der Waals surface area contributed by atoms with Gasteiger partial charge in [0.1, 0.15) is 0 Å². The second-order valence-corrected chi connectivity index (χ2v) is 8.51. The molecule has 0 aliphatic carbocycles. The monoisotopic (exact) mass is 444 g/mol. The first-order valence-corrected chi connectivity index (χ1v) is 10.9. The predicted molar refractivity (Wildman–Crippen MR) is 117 cm³/mol. The highest BCUT2D eigenvalue weighted by molar-refractivity contribution is 5.78. The molecule has 8 heteroatoms. The van der Waals surface area contributed by atoms with E-state index in [9.17, 15) is 18.0 Å². The van der Waals surface area contributed by atoms with E-state index in [1.54, 1.807) is 24.3 Å². The number of para-hydroxylation sites is 2. The minimum absolute atomic E-state index is 0.0380. The topological polar surface area (TPSA) is 50.2 Å². The van der Waals surface area contributed by atoms with Crippen LogP contribution in [-0.4, -0.2) is 40.0 Å². The normalized spacial score (nSPS) is 15.9. The van der Waals surface area contributed by atoms with Crippen molar-refractivity contribution < 1.29 is 18.0 Å². The maximum Gasteiger partial charge on any atom is 0.449 e. The van der Waals surface area contributed by atoms with Gasteiger partial charge in [-0.15, -0.1) is 0 Å². The van der Waals surface area contributed by atoms with Gasteiger partial charge in [0.2, 0.25) is 11.7 Å². The van der Waals surface area contributed by atoms with E-state index in [0.717, 1.165) is 18.4 Å². The number of likely N-dealkylation sites (tertiary alicyclic amines) is 1. The summed E-state index contributed by atoms with van der Waals surface area (Å²) in [5.74, 6) is -0.763. The number of carbonyl (C=O) groups is 1. The third-order valence-electron chi connectivity index (χ3n) is 6.03. The third kappa shape index (κ3) is 5.30. The Morgan fingerprint density at radius 2 is 1.78 bits per heavy atom. The van der Waals surface area contributed by atoms with Crippen molar-refractivity contribution in [2.24, 2.45) is 5.92 Å². The van der Waals surface area contributed by atoms with E-state index in [1.807, 2.05) is 31.2 Å². The number of imidazole rings is 1. The van der Waals surface area contributed by atoms with Gasteiger partial charge >= 0.3 is 6.18 Å². The van der Waals surface area contributed by atoms with Gasteiger partial charge in [-0.3, -0.25) is 9.69 Å². The van der Waals surface area contributed by atoms with Crippen molar-refractivity contribution in [3.05, 3.63) is 65.5 Å². The molecule has 0 bridgehead atoms. The Labute approximate surface area is 185 Å². The highest BCUT2D eigenvalue weighted by Crippen LogP contribution is 2.33. The van der Waals surface area contributed by atoms with Crippen LogP contribution in [0.4, 0.5) is 13.2 Å². The Hall–Kier alpha value is -2.87. The van der Waals surface area contributed by atoms with Crippen molar-refractivity contribution >= 4 is 16.9 Å². The number of benzene rings is 2. The number of rotatable bonds is 6. The maximum absolute atomic E-state index is 13.5. The molecule has 1 aliphatic rings. The summed E-state index contributed by atoms with van der Waals surface area (Å²) < 4.78 is 41.9. The van der Waals surface area contributed by atoms with Crippen molar-refractivity contribution in [1.29, 1.82) is 0 Å². The summed E-state index contributed by atoms with van der Waals surface area (Å²) in [6.07, 6.45) is -3.00. The van der Waals surface area contributed by atoms with E-state index >= 15 is 0 Å². The molecule has 3 aromatic rings. The molecule has 32 heavy (non-hydrogen) atoms. The predicted octanol–water partition coefficient (Wildman–Crippen LogP) is 4.39. The Kier molecular flexibility index (Phi) is 6.50. The Bertz CT molecular complexity index is 1070. The van der Waals surface area contributed by atoms with Gasteiger partial charge in [-0.2, -0.15) is 13.2 Å². The van der Waals surface area contributed by atoms with Crippen LogP contribution in [0.1, 0.15) is 29.8 Å². The minimum Gasteiger partial charge on any atom is -0.351 e. The molecule has 5 nitrogen and oxygen atoms in total. The number of nitrogens with one attached hydrogen (secondary N) is 1. The molecule has 0 spiro atoms. The van der Waals surface area contributed by atoms with Gasteiger partial charge in [0.25, 0.3) is 0 Å². The average Bonchev–Trinajstić information content (AvgIpc) is 3.14. The van der Waals surface area contributed by atoms with Crippen LogP contribution in [-0.2, 0) is 24.1 Å². The van der Waals surface area contributed by atoms with Gasteiger partial charge < -0.3 is 9.88 Å². The molecule has 1 aliphatic heterocycles. The summed E-state index contributed by atoms with van der Waals surface area (Å²) in [5.41, 5.74) is 3.10. The zero-order valence-corrected chi connectivity index (χ0v) is 18.0. The summed E-state index contributed by atoms with van der Waals surface area (Å²) in [6, 6.07) is 14.7. The van der Waals surface area contributed by atoms with Crippen LogP contribution in [0.3, 0.4) is 0 Å². The summed E-state index contributed by atoms with van der Waals surface area (Å²) in [6.45, 7) is 4.48. The van der Waals surface area contributed by atoms with Crippen molar-refractivity contribution in [2.75, 3.05) is 19.6 Å². The van der Waals surface area contributed by atoms with Crippen molar-refractivity contribution in [3.8, 4) is 0 Å². The van der Waals surface area contributed by atoms with E-state index in [-0.39, 0.29) is 18.4 Å². The van der Waals surface area contributed by atoms with Crippen LogP contribution in [0.2, 0.25) is 0 Å². The lowest BCUT2D eigenvalue weighted by atomic mass is 9.96. The fourth-order valence-electron chi connectivity index (χ4n) is 4.23. The van der Waals surface area contributed by atoms with Gasteiger partial charge in [-0.05, 0) is 56.5 Å². The van der Waals surface area contributed by atoms with E-state index in [0.29, 0.717) is 37.2 Å². The zero-order valence-electron chi connectivity index (χ0n) is 18.0. The number of amides is 1. The molecule has 2 aromatic carbocycles. The largest absolute Gasteiger partial charge is 0.449 e. The Morgan fingerprint density at radius 1 is 1.09 bits per heavy atom. The van der Waals surface area contributed by atoms with E-state index in [1.165, 1.54) is 10.1 Å². The number of hydrogen-bond acceptors (Lipinski definition) is 3. The highest BCUT2D eigenvalue weighted by atomic mass is 19.4. The van der Waals surface area contributed by atoms with Crippen LogP contribution in [0, 0.1) is 12.8 Å². The molecule has 0 atom stereocenters. The first-order valence-electron chi connectivity index (χ1n) is 10.9. The number of carbonyl (C=O) groups excluding carboxylic acids is 1. The molecule has 1 saturated heterocycles. The number of fused-ring (bicyclic) bond motifs is 1. The average molecular weight is 445 g/mol. The standard InChI is InChI=1S/C24H27F3N4O/c1-17-6-8-18(9-7-17)14-28-22(32)16-30-12-10-19(11-13-30)15-31-21-5-3-2-4-20(21)29-23(31)24(25,26)27/h2-9,19H,10-16H2,1H3,(H,28,32). The molecule has 1 aromatic heterocycles. The van der Waals surface area contributed by atoms with Gasteiger partial charge in [-0.25, -0.2) is 4.98 Å². The SMILES string of the molecule is Cc1ccc(CNC(=O)CN2CCC(Cn3c(C(F)(F)F)nc4ccccc43)CC2)cc1. The fraction of sp³-hybridized carbons (Fsp3) is 0.417. The number of piperidine rings is 1. The first-order chi connectivity index (χ1) is 15.3. The lowest BCUT2D eigenvalue weighted by Gasteiger charge is -2.32. The van der Waals surface area contributed by atoms with E-state index in [4.69, 9.17) is 0 Å². The number of aryl methyl sites for hydroxylation is 1. The fourth-order valence-corrected chi connectivity index (χ4v) is 4.23. The molecular weight excluding hydrogens is 417 g/mol. The minimum atomic E-state index is -4.49. The number of hydrogen-bond donors (Lipinski definition) is 1. The highest BCUT2D eigenvalue weighted by Gasteiger charge is 2.38. The van der Waals surface area contributed by atoms with Gasteiger partial charge in [-0.1, -0.05) is 42.0 Å². The summed E-state index contributed by atoms with van der Waals surface area (Å²) in [4.78, 5) is 18.2. The number of alkyl halides is 3. The Morgan fingerprint density at radius 3 is 2.47 bits per heavy atom. The molecule has 0 radical (unpaired) electrons. The molecule has 4 rings (SSSR count). The van der Waals surface area contributed by atoms with Gasteiger partial charge in [0.05, 0.1) is 17.6 Å². The van der Waals surface area contributed by atoms with Crippen LogP contribution in [0.5, 0.6) is 0 Å². The van der Waals surface area contributed by atoms with Crippen LogP contribution >= 0.6 is 0 Å². The molecule has 0 saturated carbocycles. The lowest BCUT2D eigenvalue weighted by molar-refractivity contribution is -0.147. The van der Waals surface area contributed by atoms with Crippen LogP contribution < -0.4 is 5.32 Å². The molecule has 1 N–H and O–H groups in total. The van der Waals surface area contributed by atoms with Crippen molar-refractivity contribution in [3.63, 3.8) is 0 Å². The summed E-state index contributed by atoms with van der Waals surface area (Å²) in [7, 11) is 0. The molecular formula is C24H27F3N4O. The van der Waals surface area contributed by atoms with Crippen molar-refractivity contribution in [2.45, 2.75) is 39.0 Å². The van der Waals surface area contributed by atoms with Gasteiger partial charge in [0.15, 0.2) is 0 Å². The smallest absolute Gasteiger partial charge is 0.351 e. The second kappa shape index (κ2) is 9.32. The molecule has 170 valence electrons. The maximum atomic E-state index is 13.5. The second-order valence-electron chi connectivity index (χ2n) is 8.51. The summed E-state index contributed by atoms with van der Waals surface area (Å²) in [5, 5.41) is 2.94. The molecule has 1 amide bonds. The quantitative estimate of drug-likeness (QED) is 0.614. The Balaban J connectivity index is 1.31. The van der Waals surface area contributed by atoms with E-state index in [2.05, 4.69) is 15.2 Å². The summed E-state index contributed by atoms with van der Waals surface area (Å²) >= 11 is 0. The number of halogens is 3. The molecule has 1 fully saturated rings. The molecule has 2 heterocycles. The number of aromatic nitrogens is 2. The zero-order chi connectivity index (χ0) is 22.7. The van der Waals surface area contributed by atoms with Crippen molar-refractivity contribution in [1.82, 2.24) is 19.8 Å². The first kappa shape index (κ1) is 22.3. The lowest BCUT2D eigenvalue weighted by Crippen LogP contribution is -2.42. The molecule has 0 unspecified atom stereocenters. The van der Waals surface area contributed by atoms with E-state index < -0.39 is 12.0 Å².